The lowest BCUT2D eigenvalue weighted by Gasteiger charge is -2.43. The molecule has 6 heteroatoms. The molecule has 1 fully saturated rings. The topological polar surface area (TPSA) is 75.7 Å². The number of hydrogen-bond acceptors (Lipinski definition) is 5. The second-order valence-corrected chi connectivity index (χ2v) is 7.33. The van der Waals surface area contributed by atoms with Crippen LogP contribution in [0.15, 0.2) is 46.8 Å². The molecule has 4 rings (SSSR count). The van der Waals surface area contributed by atoms with E-state index < -0.39 is 11.9 Å². The Morgan fingerprint density at radius 3 is 2.64 bits per heavy atom. The highest BCUT2D eigenvalue weighted by atomic mass is 16.5. The van der Waals surface area contributed by atoms with Crippen LogP contribution in [0.1, 0.15) is 43.2 Å². The zero-order chi connectivity index (χ0) is 19.8. The first kappa shape index (κ1) is 18.5. The maximum Gasteiger partial charge on any atom is 0.337 e. The predicted molar refractivity (Wildman–Crippen MR) is 103 cm³/mol. The van der Waals surface area contributed by atoms with Crippen LogP contribution in [0.4, 0.5) is 0 Å². The first-order valence-corrected chi connectivity index (χ1v) is 9.80. The van der Waals surface area contributed by atoms with Gasteiger partial charge < -0.3 is 15.0 Å². The number of rotatable bonds is 3. The summed E-state index contributed by atoms with van der Waals surface area (Å²) in [5.41, 5.74) is 4.14. The van der Waals surface area contributed by atoms with E-state index in [0.29, 0.717) is 30.8 Å². The van der Waals surface area contributed by atoms with Crippen LogP contribution in [0.5, 0.6) is 0 Å². The highest BCUT2D eigenvalue weighted by Crippen LogP contribution is 2.46. The minimum Gasteiger partial charge on any atom is -0.466 e. The van der Waals surface area contributed by atoms with Crippen LogP contribution in [0.25, 0.3) is 0 Å². The van der Waals surface area contributed by atoms with Crippen molar-refractivity contribution in [2.24, 2.45) is 0 Å². The van der Waals surface area contributed by atoms with Gasteiger partial charge in [0.2, 0.25) is 0 Å². The van der Waals surface area contributed by atoms with Gasteiger partial charge >= 0.3 is 5.97 Å². The van der Waals surface area contributed by atoms with Crippen molar-refractivity contribution in [3.05, 3.63) is 57.9 Å². The summed E-state index contributed by atoms with van der Waals surface area (Å²) >= 11 is 0. The normalized spacial score (nSPS) is 21.9. The number of fused-ring (bicyclic) bond motifs is 2. The monoisotopic (exact) mass is 380 g/mol. The maximum absolute atomic E-state index is 13.0. The number of piperazine rings is 1. The second kappa shape index (κ2) is 7.26. The van der Waals surface area contributed by atoms with Crippen LogP contribution in [0, 0.1) is 0 Å². The summed E-state index contributed by atoms with van der Waals surface area (Å²) in [6.45, 7) is 3.11. The summed E-state index contributed by atoms with van der Waals surface area (Å²) in [6.07, 6.45) is 2.86. The predicted octanol–water partition coefficient (Wildman–Crippen LogP) is 2.21. The summed E-state index contributed by atoms with van der Waals surface area (Å²) in [7, 11) is 1.31. The minimum absolute atomic E-state index is 0.0530. The van der Waals surface area contributed by atoms with Gasteiger partial charge in [-0.25, -0.2) is 4.79 Å². The molecule has 0 bridgehead atoms. The van der Waals surface area contributed by atoms with E-state index in [1.165, 1.54) is 12.7 Å². The summed E-state index contributed by atoms with van der Waals surface area (Å²) in [5.74, 6) is -1.37. The fourth-order valence-electron chi connectivity index (χ4n) is 4.48. The first-order valence-electron chi connectivity index (χ1n) is 9.80. The Labute approximate surface area is 164 Å². The maximum atomic E-state index is 13.0. The first-order chi connectivity index (χ1) is 13.6. The molecule has 1 N–H and O–H groups in total. The molecule has 6 nitrogen and oxygen atoms in total. The van der Waals surface area contributed by atoms with E-state index in [4.69, 9.17) is 4.74 Å². The molecule has 0 radical (unpaired) electrons. The van der Waals surface area contributed by atoms with Gasteiger partial charge in [0.25, 0.3) is 5.91 Å². The number of benzene rings is 1. The molecule has 1 saturated heterocycles. The lowest BCUT2D eigenvalue weighted by molar-refractivity contribution is -0.137. The van der Waals surface area contributed by atoms with Crippen LogP contribution < -0.4 is 5.32 Å². The van der Waals surface area contributed by atoms with Crippen molar-refractivity contribution in [1.29, 1.82) is 0 Å². The standard InChI is InChI=1S/C22H24N2O4/c1-3-13-7-9-14(10-8-13)17-18-15(5-4-6-16(18)25)24-12-11-23-21(26)20(24)19(17)22(27)28-2/h7-10,17H,3-6,11-12H2,1-2H3,(H,23,26)/t17-/m1/s1. The summed E-state index contributed by atoms with van der Waals surface area (Å²) in [4.78, 5) is 40.5. The third-order valence-corrected chi connectivity index (χ3v) is 5.82. The minimum atomic E-state index is -0.573. The Morgan fingerprint density at radius 1 is 1.21 bits per heavy atom. The van der Waals surface area contributed by atoms with Gasteiger partial charge in [0, 0.05) is 36.7 Å². The molecule has 0 unspecified atom stereocenters. The molecule has 146 valence electrons. The third kappa shape index (κ3) is 2.84. The van der Waals surface area contributed by atoms with Gasteiger partial charge in [0.1, 0.15) is 5.70 Å². The number of Topliss-reactive ketones (excluding diaryl/α,β-unsaturated/α-hetero) is 1. The highest BCUT2D eigenvalue weighted by Gasteiger charge is 2.45. The molecular weight excluding hydrogens is 356 g/mol. The Hall–Kier alpha value is -2.89. The third-order valence-electron chi connectivity index (χ3n) is 5.82. The van der Waals surface area contributed by atoms with E-state index in [1.807, 2.05) is 29.2 Å². The van der Waals surface area contributed by atoms with E-state index in [-0.39, 0.29) is 17.3 Å². The van der Waals surface area contributed by atoms with Gasteiger partial charge in [0.15, 0.2) is 5.78 Å². The average Bonchev–Trinajstić information content (AvgIpc) is 2.73. The number of ketones is 1. The quantitative estimate of drug-likeness (QED) is 0.814. The number of carbonyl (C=O) groups excluding carboxylic acids is 3. The van der Waals surface area contributed by atoms with Gasteiger partial charge in [-0.3, -0.25) is 9.59 Å². The van der Waals surface area contributed by atoms with E-state index >= 15 is 0 Å². The van der Waals surface area contributed by atoms with Crippen molar-refractivity contribution in [3.63, 3.8) is 0 Å². The number of aryl methyl sites for hydroxylation is 1. The molecule has 0 aromatic heterocycles. The number of carbonyl (C=O) groups is 3. The molecule has 0 spiro atoms. The van der Waals surface area contributed by atoms with Crippen molar-refractivity contribution in [2.45, 2.75) is 38.5 Å². The average molecular weight is 380 g/mol. The number of nitrogens with one attached hydrogen (secondary N) is 1. The second-order valence-electron chi connectivity index (χ2n) is 7.33. The fraction of sp³-hybridized carbons (Fsp3) is 0.409. The van der Waals surface area contributed by atoms with Crippen molar-refractivity contribution >= 4 is 17.7 Å². The lowest BCUT2D eigenvalue weighted by Crippen LogP contribution is -2.50. The smallest absolute Gasteiger partial charge is 0.337 e. The van der Waals surface area contributed by atoms with Crippen molar-refractivity contribution in [2.75, 3.05) is 20.2 Å². The molecule has 3 aliphatic rings. The van der Waals surface area contributed by atoms with Gasteiger partial charge in [-0.2, -0.15) is 0 Å². The van der Waals surface area contributed by atoms with E-state index in [0.717, 1.165) is 30.5 Å². The van der Waals surface area contributed by atoms with E-state index in [2.05, 4.69) is 12.2 Å². The molecule has 2 aliphatic heterocycles. The number of ether oxygens (including phenoxy) is 1. The molecular formula is C22H24N2O4. The highest BCUT2D eigenvalue weighted by molar-refractivity contribution is 6.09. The Morgan fingerprint density at radius 2 is 1.96 bits per heavy atom. The SMILES string of the molecule is CCc1ccc([C@@H]2C3=C(CCCC3=O)N3CCNC(=O)C3=C2C(=O)OC)cc1. The number of esters is 1. The molecule has 0 saturated carbocycles. The van der Waals surface area contributed by atoms with Crippen molar-refractivity contribution in [3.8, 4) is 0 Å². The molecule has 28 heavy (non-hydrogen) atoms. The fourth-order valence-corrected chi connectivity index (χ4v) is 4.48. The zero-order valence-corrected chi connectivity index (χ0v) is 16.2. The molecule has 1 aromatic rings. The van der Waals surface area contributed by atoms with Crippen LogP contribution in [-0.2, 0) is 25.5 Å². The molecule has 1 atom stereocenters. The Balaban J connectivity index is 1.97. The number of hydrogen-bond donors (Lipinski definition) is 1. The molecule has 1 amide bonds. The Bertz CT molecular complexity index is 911. The van der Waals surface area contributed by atoms with Crippen molar-refractivity contribution < 1.29 is 19.1 Å². The number of amides is 1. The van der Waals surface area contributed by atoms with Crippen LogP contribution in [-0.4, -0.2) is 42.8 Å². The summed E-state index contributed by atoms with van der Waals surface area (Å²) in [6, 6.07) is 7.93. The summed E-state index contributed by atoms with van der Waals surface area (Å²) < 4.78 is 5.06. The zero-order valence-electron chi connectivity index (χ0n) is 16.2. The van der Waals surface area contributed by atoms with Crippen LogP contribution >= 0.6 is 0 Å². The lowest BCUT2D eigenvalue weighted by atomic mass is 9.74. The number of methoxy groups -OCH3 is 1. The van der Waals surface area contributed by atoms with Crippen LogP contribution in [0.2, 0.25) is 0 Å². The van der Waals surface area contributed by atoms with E-state index in [9.17, 15) is 14.4 Å². The van der Waals surface area contributed by atoms with Gasteiger partial charge in [0.05, 0.1) is 12.7 Å². The molecule has 2 heterocycles. The van der Waals surface area contributed by atoms with Gasteiger partial charge in [-0.15, -0.1) is 0 Å². The summed E-state index contributed by atoms with van der Waals surface area (Å²) in [5, 5.41) is 2.83. The molecule has 1 aliphatic carbocycles. The number of allylic oxidation sites excluding steroid dienone is 2. The number of nitrogens with zero attached hydrogens (tertiary/aromatic N) is 1. The van der Waals surface area contributed by atoms with Gasteiger partial charge in [-0.1, -0.05) is 31.2 Å². The Kier molecular flexibility index (Phi) is 4.79. The largest absolute Gasteiger partial charge is 0.466 e. The molecule has 1 aromatic carbocycles. The van der Waals surface area contributed by atoms with Gasteiger partial charge in [-0.05, 0) is 30.4 Å². The van der Waals surface area contributed by atoms with E-state index in [1.54, 1.807) is 0 Å². The van der Waals surface area contributed by atoms with Crippen LogP contribution in [0.3, 0.4) is 0 Å². The van der Waals surface area contributed by atoms with Crippen molar-refractivity contribution in [1.82, 2.24) is 10.2 Å².